The van der Waals surface area contributed by atoms with Crippen LogP contribution in [0.2, 0.25) is 0 Å². The highest BCUT2D eigenvalue weighted by molar-refractivity contribution is 5.32. The highest BCUT2D eigenvalue weighted by atomic mass is 16.5. The van der Waals surface area contributed by atoms with E-state index in [1.165, 1.54) is 0 Å². The molecule has 5 heteroatoms. The summed E-state index contributed by atoms with van der Waals surface area (Å²) in [5.41, 5.74) is 2.34. The van der Waals surface area contributed by atoms with Gasteiger partial charge in [-0.1, -0.05) is 30.3 Å². The van der Waals surface area contributed by atoms with Gasteiger partial charge < -0.3 is 15.2 Å². The van der Waals surface area contributed by atoms with Crippen LogP contribution in [0.5, 0.6) is 0 Å². The van der Waals surface area contributed by atoms with Gasteiger partial charge in [-0.05, 0) is 43.5 Å². The summed E-state index contributed by atoms with van der Waals surface area (Å²) in [6.07, 6.45) is 3.96. The van der Waals surface area contributed by atoms with E-state index in [1.54, 1.807) is 18.3 Å². The fourth-order valence-electron chi connectivity index (χ4n) is 3.02. The van der Waals surface area contributed by atoms with E-state index in [-0.39, 0.29) is 12.2 Å². The van der Waals surface area contributed by atoms with Gasteiger partial charge in [0.05, 0.1) is 30.1 Å². The minimum Gasteiger partial charge on any atom is -0.393 e. The number of aliphatic hydroxyl groups excluding tert-OH is 1. The molecule has 0 saturated heterocycles. The molecule has 5 nitrogen and oxygen atoms in total. The highest BCUT2D eigenvalue weighted by Crippen LogP contribution is 2.24. The monoisotopic (exact) mass is 337 g/mol. The summed E-state index contributed by atoms with van der Waals surface area (Å²) in [7, 11) is 0. The molecule has 0 amide bonds. The molecular weight excluding hydrogens is 314 g/mol. The van der Waals surface area contributed by atoms with Crippen LogP contribution in [0.3, 0.4) is 0 Å². The fraction of sp³-hybridized carbons (Fsp3) is 0.400. The van der Waals surface area contributed by atoms with Crippen LogP contribution in [-0.2, 0) is 11.3 Å². The summed E-state index contributed by atoms with van der Waals surface area (Å²) >= 11 is 0. The number of aliphatic hydroxyl groups is 1. The zero-order chi connectivity index (χ0) is 17.5. The molecule has 1 saturated carbocycles. The highest BCUT2D eigenvalue weighted by Gasteiger charge is 2.26. The third-order valence-corrected chi connectivity index (χ3v) is 4.56. The SMILES string of the molecule is N#Cc1cccnc1CO[C@H](CCNC1CC(O)C1)c1ccccc1. The molecule has 3 rings (SSSR count). The van der Waals surface area contributed by atoms with Crippen molar-refractivity contribution in [1.82, 2.24) is 10.3 Å². The molecule has 130 valence electrons. The van der Waals surface area contributed by atoms with Crippen molar-refractivity contribution in [3.63, 3.8) is 0 Å². The van der Waals surface area contributed by atoms with Gasteiger partial charge in [0.15, 0.2) is 0 Å². The average molecular weight is 337 g/mol. The van der Waals surface area contributed by atoms with E-state index in [9.17, 15) is 10.4 Å². The minimum atomic E-state index is -0.146. The first-order chi connectivity index (χ1) is 12.3. The topological polar surface area (TPSA) is 78.2 Å². The Kier molecular flexibility index (Phi) is 6.13. The molecule has 1 aliphatic carbocycles. The maximum Gasteiger partial charge on any atom is 0.101 e. The second kappa shape index (κ2) is 8.72. The first-order valence-corrected chi connectivity index (χ1v) is 8.68. The summed E-state index contributed by atoms with van der Waals surface area (Å²) in [5.74, 6) is 0. The van der Waals surface area contributed by atoms with Gasteiger partial charge in [-0.15, -0.1) is 0 Å². The van der Waals surface area contributed by atoms with Crippen molar-refractivity contribution in [1.29, 1.82) is 5.26 Å². The molecule has 0 radical (unpaired) electrons. The number of nitriles is 1. The second-order valence-electron chi connectivity index (χ2n) is 6.38. The lowest BCUT2D eigenvalue weighted by Gasteiger charge is -2.32. The molecule has 2 aromatic rings. The van der Waals surface area contributed by atoms with Crippen molar-refractivity contribution in [2.45, 2.75) is 44.1 Å². The molecule has 1 aliphatic rings. The maximum absolute atomic E-state index is 9.37. The molecule has 0 unspecified atom stereocenters. The Morgan fingerprint density at radius 2 is 2.04 bits per heavy atom. The molecule has 1 fully saturated rings. The van der Waals surface area contributed by atoms with Crippen LogP contribution >= 0.6 is 0 Å². The summed E-state index contributed by atoms with van der Waals surface area (Å²) in [6.45, 7) is 1.13. The van der Waals surface area contributed by atoms with Crippen molar-refractivity contribution in [2.75, 3.05) is 6.54 Å². The number of ether oxygens (including phenoxy) is 1. The molecule has 0 spiro atoms. The number of rotatable bonds is 8. The average Bonchev–Trinajstić information content (AvgIpc) is 2.63. The second-order valence-corrected chi connectivity index (χ2v) is 6.38. The number of pyridine rings is 1. The van der Waals surface area contributed by atoms with E-state index in [1.807, 2.05) is 18.2 Å². The zero-order valence-corrected chi connectivity index (χ0v) is 14.1. The summed E-state index contributed by atoms with van der Waals surface area (Å²) in [5, 5.41) is 22.0. The number of hydrogen-bond donors (Lipinski definition) is 2. The number of nitrogens with zero attached hydrogens (tertiary/aromatic N) is 2. The summed E-state index contributed by atoms with van der Waals surface area (Å²) < 4.78 is 6.11. The largest absolute Gasteiger partial charge is 0.393 e. The molecule has 1 aromatic heterocycles. The molecule has 2 N–H and O–H groups in total. The number of aromatic nitrogens is 1. The van der Waals surface area contributed by atoms with Gasteiger partial charge >= 0.3 is 0 Å². The molecule has 1 aromatic carbocycles. The van der Waals surface area contributed by atoms with Gasteiger partial charge in [-0.2, -0.15) is 5.26 Å². The minimum absolute atomic E-state index is 0.0627. The van der Waals surface area contributed by atoms with Crippen molar-refractivity contribution in [3.05, 3.63) is 65.5 Å². The Hall–Kier alpha value is -2.26. The van der Waals surface area contributed by atoms with Crippen LogP contribution < -0.4 is 5.32 Å². The van der Waals surface area contributed by atoms with Crippen molar-refractivity contribution >= 4 is 0 Å². The van der Waals surface area contributed by atoms with E-state index >= 15 is 0 Å². The Balaban J connectivity index is 1.59. The molecule has 25 heavy (non-hydrogen) atoms. The Morgan fingerprint density at radius 1 is 1.24 bits per heavy atom. The number of hydrogen-bond acceptors (Lipinski definition) is 5. The Bertz CT molecular complexity index is 708. The Labute approximate surface area is 148 Å². The summed E-state index contributed by atoms with van der Waals surface area (Å²) in [4.78, 5) is 4.26. The predicted molar refractivity (Wildman–Crippen MR) is 94.6 cm³/mol. The normalized spacial score (nSPS) is 20.5. The van der Waals surface area contributed by atoms with Gasteiger partial charge in [0.25, 0.3) is 0 Å². The molecular formula is C20H23N3O2. The van der Waals surface area contributed by atoms with Gasteiger partial charge in [-0.25, -0.2) is 0 Å². The van der Waals surface area contributed by atoms with E-state index in [0.717, 1.165) is 31.4 Å². The van der Waals surface area contributed by atoms with Crippen LogP contribution in [0.1, 0.15) is 42.2 Å². The van der Waals surface area contributed by atoms with Crippen LogP contribution in [0, 0.1) is 11.3 Å². The van der Waals surface area contributed by atoms with Gasteiger partial charge in [0.1, 0.15) is 6.07 Å². The first kappa shape index (κ1) is 17.6. The molecule has 0 aliphatic heterocycles. The number of benzene rings is 1. The van der Waals surface area contributed by atoms with Crippen LogP contribution in [-0.4, -0.2) is 28.8 Å². The first-order valence-electron chi connectivity index (χ1n) is 8.68. The van der Waals surface area contributed by atoms with Crippen molar-refractivity contribution in [2.24, 2.45) is 0 Å². The van der Waals surface area contributed by atoms with Crippen LogP contribution in [0.15, 0.2) is 48.7 Å². The fourth-order valence-corrected chi connectivity index (χ4v) is 3.02. The lowest BCUT2D eigenvalue weighted by molar-refractivity contribution is 0.0270. The predicted octanol–water partition coefficient (Wildman–Crippen LogP) is 2.71. The van der Waals surface area contributed by atoms with Gasteiger partial charge in [0.2, 0.25) is 0 Å². The quantitative estimate of drug-likeness (QED) is 0.774. The zero-order valence-electron chi connectivity index (χ0n) is 14.1. The summed E-state index contributed by atoms with van der Waals surface area (Å²) in [6, 6.07) is 16.2. The molecule has 1 atom stereocenters. The van der Waals surface area contributed by atoms with Crippen LogP contribution in [0.4, 0.5) is 0 Å². The van der Waals surface area contributed by atoms with Gasteiger partial charge in [-0.3, -0.25) is 4.98 Å². The number of nitrogens with one attached hydrogen (secondary N) is 1. The van der Waals surface area contributed by atoms with Crippen molar-refractivity contribution in [3.8, 4) is 6.07 Å². The maximum atomic E-state index is 9.37. The van der Waals surface area contributed by atoms with E-state index < -0.39 is 0 Å². The standard InChI is InChI=1S/C20H23N3O2/c21-13-16-7-4-9-23-19(16)14-25-20(15-5-2-1-3-6-15)8-10-22-17-11-18(24)12-17/h1-7,9,17-18,20,22,24H,8,10-12,14H2/t17?,18?,20-/m1/s1. The third-order valence-electron chi connectivity index (χ3n) is 4.56. The Morgan fingerprint density at radius 3 is 2.76 bits per heavy atom. The van der Waals surface area contributed by atoms with Gasteiger partial charge in [0, 0.05) is 12.2 Å². The smallest absolute Gasteiger partial charge is 0.101 e. The lowest BCUT2D eigenvalue weighted by atomic mass is 9.89. The third kappa shape index (κ3) is 4.86. The molecule has 1 heterocycles. The molecule has 0 bridgehead atoms. The lowest BCUT2D eigenvalue weighted by Crippen LogP contribution is -2.44. The van der Waals surface area contributed by atoms with E-state index in [0.29, 0.717) is 23.9 Å². The van der Waals surface area contributed by atoms with E-state index in [2.05, 4.69) is 28.5 Å². The van der Waals surface area contributed by atoms with Crippen molar-refractivity contribution < 1.29 is 9.84 Å². The van der Waals surface area contributed by atoms with E-state index in [4.69, 9.17) is 4.74 Å². The van der Waals surface area contributed by atoms with Crippen LogP contribution in [0.25, 0.3) is 0 Å².